The number of rotatable bonds is 9. The van der Waals surface area contributed by atoms with Gasteiger partial charge < -0.3 is 0 Å². The summed E-state index contributed by atoms with van der Waals surface area (Å²) < 4.78 is 1.98. The van der Waals surface area contributed by atoms with Crippen LogP contribution in [0.2, 0.25) is 0 Å². The molecule has 3 aromatic carbocycles. The van der Waals surface area contributed by atoms with Gasteiger partial charge in [0.2, 0.25) is 0 Å². The predicted octanol–water partition coefficient (Wildman–Crippen LogP) is 5.35. The average Bonchev–Trinajstić information content (AvgIpc) is 3.31. The minimum atomic E-state index is -0.187. The SMILES string of the molecule is CCC/C(=N/NC(=O)CSc1nnc(-c2ccccc2)n1-c1ccccc1)c1ccccc1. The molecule has 0 bridgehead atoms. The first kappa shape index (κ1) is 22.5. The smallest absolute Gasteiger partial charge is 0.250 e. The zero-order chi connectivity index (χ0) is 22.9. The molecule has 0 aliphatic heterocycles. The van der Waals surface area contributed by atoms with Crippen molar-refractivity contribution in [3.05, 3.63) is 96.6 Å². The van der Waals surface area contributed by atoms with E-state index in [1.165, 1.54) is 11.8 Å². The van der Waals surface area contributed by atoms with Crippen molar-refractivity contribution >= 4 is 23.4 Å². The minimum absolute atomic E-state index is 0.178. The van der Waals surface area contributed by atoms with E-state index in [1.807, 2.05) is 95.6 Å². The van der Waals surface area contributed by atoms with E-state index in [4.69, 9.17) is 0 Å². The van der Waals surface area contributed by atoms with Crippen LogP contribution in [-0.2, 0) is 4.79 Å². The molecular weight excluding hydrogens is 430 g/mol. The molecule has 1 amide bonds. The number of nitrogens with zero attached hydrogens (tertiary/aromatic N) is 4. The predicted molar refractivity (Wildman–Crippen MR) is 134 cm³/mol. The lowest BCUT2D eigenvalue weighted by atomic mass is 10.1. The van der Waals surface area contributed by atoms with Crippen LogP contribution in [0.1, 0.15) is 25.3 Å². The molecule has 0 saturated heterocycles. The highest BCUT2D eigenvalue weighted by Crippen LogP contribution is 2.27. The van der Waals surface area contributed by atoms with Gasteiger partial charge in [-0.15, -0.1) is 10.2 Å². The fourth-order valence-electron chi connectivity index (χ4n) is 3.37. The molecule has 1 heterocycles. The van der Waals surface area contributed by atoms with Crippen LogP contribution in [0.15, 0.2) is 101 Å². The first-order valence-corrected chi connectivity index (χ1v) is 11.8. The van der Waals surface area contributed by atoms with E-state index in [2.05, 4.69) is 27.6 Å². The fraction of sp³-hybridized carbons (Fsp3) is 0.154. The van der Waals surface area contributed by atoms with Crippen molar-refractivity contribution in [3.63, 3.8) is 0 Å². The number of thioether (sulfide) groups is 1. The van der Waals surface area contributed by atoms with Gasteiger partial charge in [0.15, 0.2) is 11.0 Å². The van der Waals surface area contributed by atoms with Gasteiger partial charge in [-0.2, -0.15) is 5.10 Å². The molecule has 0 spiro atoms. The second-order valence-corrected chi connectivity index (χ2v) is 8.28. The van der Waals surface area contributed by atoms with Gasteiger partial charge in [-0.3, -0.25) is 9.36 Å². The summed E-state index contributed by atoms with van der Waals surface area (Å²) in [5, 5.41) is 13.8. The molecule has 33 heavy (non-hydrogen) atoms. The lowest BCUT2D eigenvalue weighted by Crippen LogP contribution is -2.22. The van der Waals surface area contributed by atoms with Crippen LogP contribution in [0.25, 0.3) is 17.1 Å². The van der Waals surface area contributed by atoms with Gasteiger partial charge in [0, 0.05) is 11.3 Å². The zero-order valence-electron chi connectivity index (χ0n) is 18.4. The van der Waals surface area contributed by atoms with Gasteiger partial charge in [-0.05, 0) is 24.1 Å². The quantitative estimate of drug-likeness (QED) is 0.210. The summed E-state index contributed by atoms with van der Waals surface area (Å²) in [4.78, 5) is 12.6. The number of aromatic nitrogens is 3. The first-order valence-electron chi connectivity index (χ1n) is 10.9. The van der Waals surface area contributed by atoms with Crippen molar-refractivity contribution < 1.29 is 4.79 Å². The molecule has 0 atom stereocenters. The Morgan fingerprint density at radius 1 is 0.909 bits per heavy atom. The topological polar surface area (TPSA) is 72.2 Å². The highest BCUT2D eigenvalue weighted by Gasteiger charge is 2.17. The maximum absolute atomic E-state index is 12.6. The molecule has 0 saturated carbocycles. The average molecular weight is 456 g/mol. The summed E-state index contributed by atoms with van der Waals surface area (Å²) in [5.74, 6) is 0.725. The van der Waals surface area contributed by atoms with Gasteiger partial charge in [0.1, 0.15) is 0 Å². The fourth-order valence-corrected chi connectivity index (χ4v) is 4.12. The van der Waals surface area contributed by atoms with Crippen molar-refractivity contribution in [2.75, 3.05) is 5.75 Å². The van der Waals surface area contributed by atoms with Gasteiger partial charge in [-0.25, -0.2) is 5.43 Å². The van der Waals surface area contributed by atoms with Crippen molar-refractivity contribution in [1.29, 1.82) is 0 Å². The van der Waals surface area contributed by atoms with Gasteiger partial charge in [0.05, 0.1) is 11.5 Å². The Balaban J connectivity index is 1.51. The lowest BCUT2D eigenvalue weighted by Gasteiger charge is -2.10. The van der Waals surface area contributed by atoms with E-state index in [0.717, 1.165) is 41.2 Å². The standard InChI is InChI=1S/C26H25N5OS/c1-2-12-23(20-13-6-3-7-14-20)27-28-24(32)19-33-26-30-29-25(21-15-8-4-9-16-21)31(26)22-17-10-5-11-18-22/h3-11,13-18H,2,12,19H2,1H3,(H,28,32)/b27-23-. The Bertz CT molecular complexity index is 1210. The van der Waals surface area contributed by atoms with Crippen LogP contribution in [0, 0.1) is 0 Å². The van der Waals surface area contributed by atoms with E-state index in [1.54, 1.807) is 0 Å². The monoisotopic (exact) mass is 455 g/mol. The summed E-state index contributed by atoms with van der Waals surface area (Å²) >= 11 is 1.33. The second-order valence-electron chi connectivity index (χ2n) is 7.34. The highest BCUT2D eigenvalue weighted by atomic mass is 32.2. The number of amides is 1. The van der Waals surface area contributed by atoms with Crippen LogP contribution >= 0.6 is 11.8 Å². The molecular formula is C26H25N5OS. The van der Waals surface area contributed by atoms with Gasteiger partial charge in [-0.1, -0.05) is 104 Å². The summed E-state index contributed by atoms with van der Waals surface area (Å²) in [6.45, 7) is 2.09. The Labute approximate surface area is 197 Å². The van der Waals surface area contributed by atoms with Crippen LogP contribution < -0.4 is 5.43 Å². The molecule has 1 N–H and O–H groups in total. The Kier molecular flexibility index (Phi) is 7.66. The van der Waals surface area contributed by atoms with E-state index in [9.17, 15) is 4.79 Å². The summed E-state index contributed by atoms with van der Waals surface area (Å²) in [6.07, 6.45) is 1.74. The number of hydrazone groups is 1. The Morgan fingerprint density at radius 2 is 1.55 bits per heavy atom. The number of carbonyl (C=O) groups excluding carboxylic acids is 1. The number of nitrogens with one attached hydrogen (secondary N) is 1. The Morgan fingerprint density at radius 3 is 2.21 bits per heavy atom. The molecule has 0 aliphatic carbocycles. The second kappa shape index (κ2) is 11.2. The normalized spacial score (nSPS) is 11.4. The minimum Gasteiger partial charge on any atom is -0.272 e. The zero-order valence-corrected chi connectivity index (χ0v) is 19.2. The van der Waals surface area contributed by atoms with Crippen molar-refractivity contribution in [2.24, 2.45) is 5.10 Å². The number of hydrogen-bond acceptors (Lipinski definition) is 5. The maximum atomic E-state index is 12.6. The lowest BCUT2D eigenvalue weighted by molar-refractivity contribution is -0.118. The van der Waals surface area contributed by atoms with Crippen LogP contribution in [-0.4, -0.2) is 32.1 Å². The molecule has 6 nitrogen and oxygen atoms in total. The maximum Gasteiger partial charge on any atom is 0.250 e. The largest absolute Gasteiger partial charge is 0.272 e. The number of hydrogen-bond donors (Lipinski definition) is 1. The molecule has 0 fully saturated rings. The summed E-state index contributed by atoms with van der Waals surface area (Å²) in [6, 6.07) is 29.7. The third-order valence-corrected chi connectivity index (χ3v) is 5.85. The molecule has 1 aromatic heterocycles. The van der Waals surface area contributed by atoms with Crippen molar-refractivity contribution in [2.45, 2.75) is 24.9 Å². The third-order valence-electron chi connectivity index (χ3n) is 4.92. The van der Waals surface area contributed by atoms with Crippen molar-refractivity contribution in [1.82, 2.24) is 20.2 Å². The van der Waals surface area contributed by atoms with Crippen LogP contribution in [0.4, 0.5) is 0 Å². The summed E-state index contributed by atoms with van der Waals surface area (Å²) in [7, 11) is 0. The number of carbonyl (C=O) groups is 1. The van der Waals surface area contributed by atoms with E-state index >= 15 is 0 Å². The van der Waals surface area contributed by atoms with Crippen LogP contribution in [0.3, 0.4) is 0 Å². The van der Waals surface area contributed by atoms with Crippen LogP contribution in [0.5, 0.6) is 0 Å². The molecule has 7 heteroatoms. The molecule has 0 aliphatic rings. The number of benzene rings is 3. The van der Waals surface area contributed by atoms with E-state index < -0.39 is 0 Å². The first-order chi connectivity index (χ1) is 16.3. The molecule has 0 radical (unpaired) electrons. The third kappa shape index (κ3) is 5.75. The highest BCUT2D eigenvalue weighted by molar-refractivity contribution is 7.99. The van der Waals surface area contributed by atoms with Gasteiger partial charge >= 0.3 is 0 Å². The molecule has 166 valence electrons. The van der Waals surface area contributed by atoms with Crippen molar-refractivity contribution in [3.8, 4) is 17.1 Å². The van der Waals surface area contributed by atoms with E-state index in [-0.39, 0.29) is 11.7 Å². The Hall–Kier alpha value is -3.71. The molecule has 4 aromatic rings. The summed E-state index contributed by atoms with van der Waals surface area (Å²) in [5.41, 5.74) is 6.49. The molecule has 0 unspecified atom stereocenters. The molecule has 4 rings (SSSR count). The van der Waals surface area contributed by atoms with E-state index in [0.29, 0.717) is 5.16 Å². The number of para-hydroxylation sites is 1. The van der Waals surface area contributed by atoms with Gasteiger partial charge in [0.25, 0.3) is 5.91 Å².